The molecule has 0 spiro atoms. The molecule has 13 heavy (non-hydrogen) atoms. The fourth-order valence-corrected chi connectivity index (χ4v) is 11.0. The quantitative estimate of drug-likeness (QED) is 0.462. The predicted molar refractivity (Wildman–Crippen MR) is 62.3 cm³/mol. The summed E-state index contributed by atoms with van der Waals surface area (Å²) in [5.41, 5.74) is 0. The van der Waals surface area contributed by atoms with Crippen LogP contribution in [0.5, 0.6) is 0 Å². The Balaban J connectivity index is 0. The van der Waals surface area contributed by atoms with Gasteiger partial charge in [-0.15, -0.1) is 0 Å². The van der Waals surface area contributed by atoms with E-state index in [2.05, 4.69) is 43.5 Å². The molecular weight excluding hydrogens is 185 g/mol. The molecule has 0 heterocycles. The molecule has 0 N–H and O–H groups in total. The predicted octanol–water partition coefficient (Wildman–Crippen LogP) is -0.0486. The Morgan fingerprint density at radius 2 is 1.31 bits per heavy atom. The van der Waals surface area contributed by atoms with Gasteiger partial charge in [-0.2, -0.15) is 0 Å². The summed E-state index contributed by atoms with van der Waals surface area (Å²) in [6.45, 7) is 20.8. The van der Waals surface area contributed by atoms with Gasteiger partial charge in [-0.1, -0.05) is 39.3 Å². The Labute approximate surface area is 97.9 Å². The summed E-state index contributed by atoms with van der Waals surface area (Å²) in [6, 6.07) is 0. The SMILES string of the molecule is [CH-]=CCN([Si](C)(C)C)[Si](C)(C)C.[Li+]. The van der Waals surface area contributed by atoms with E-state index in [-0.39, 0.29) is 18.9 Å². The molecule has 0 radical (unpaired) electrons. The molecule has 0 atom stereocenters. The second-order valence-electron chi connectivity index (χ2n) is 5.19. The van der Waals surface area contributed by atoms with Crippen LogP contribution in [-0.4, -0.2) is 27.2 Å². The van der Waals surface area contributed by atoms with Crippen LogP contribution in [0, 0.1) is 6.58 Å². The zero-order valence-corrected chi connectivity index (χ0v) is 12.3. The third kappa shape index (κ3) is 5.92. The van der Waals surface area contributed by atoms with Crippen LogP contribution in [0.25, 0.3) is 0 Å². The number of hydrogen-bond acceptors (Lipinski definition) is 1. The normalized spacial score (nSPS) is 12.5. The van der Waals surface area contributed by atoms with Crippen molar-refractivity contribution < 1.29 is 18.9 Å². The first-order valence-electron chi connectivity index (χ1n) is 4.51. The van der Waals surface area contributed by atoms with Gasteiger partial charge in [0.25, 0.3) is 0 Å². The minimum atomic E-state index is -1.16. The molecule has 0 bridgehead atoms. The molecule has 4 heteroatoms. The van der Waals surface area contributed by atoms with Crippen LogP contribution in [0.1, 0.15) is 0 Å². The average Bonchev–Trinajstić information content (AvgIpc) is 1.77. The van der Waals surface area contributed by atoms with E-state index in [0.29, 0.717) is 0 Å². The average molecular weight is 207 g/mol. The monoisotopic (exact) mass is 207 g/mol. The summed E-state index contributed by atoms with van der Waals surface area (Å²) in [5, 5.41) is 0. The molecule has 0 saturated heterocycles. The van der Waals surface area contributed by atoms with Gasteiger partial charge in [-0.05, 0) is 6.54 Å². The fraction of sp³-hybridized carbons (Fsp3) is 0.778. The third-order valence-electron chi connectivity index (χ3n) is 1.91. The molecule has 0 amide bonds. The van der Waals surface area contributed by atoms with E-state index in [4.69, 9.17) is 6.58 Å². The molecule has 0 fully saturated rings. The van der Waals surface area contributed by atoms with Gasteiger partial charge in [-0.3, -0.25) is 6.08 Å². The van der Waals surface area contributed by atoms with Crippen molar-refractivity contribution >= 4 is 16.5 Å². The van der Waals surface area contributed by atoms with Crippen LogP contribution in [0.4, 0.5) is 0 Å². The summed E-state index contributed by atoms with van der Waals surface area (Å²) in [5.74, 6) is 0. The fourth-order valence-electron chi connectivity index (χ4n) is 1.66. The van der Waals surface area contributed by atoms with Gasteiger partial charge >= 0.3 is 18.9 Å². The van der Waals surface area contributed by atoms with Gasteiger partial charge in [0.05, 0.1) is 0 Å². The molecule has 72 valence electrons. The van der Waals surface area contributed by atoms with E-state index in [0.717, 1.165) is 6.54 Å². The van der Waals surface area contributed by atoms with Crippen molar-refractivity contribution in [3.8, 4) is 0 Å². The Morgan fingerprint density at radius 3 is 1.38 bits per heavy atom. The molecule has 0 aliphatic rings. The van der Waals surface area contributed by atoms with E-state index in [9.17, 15) is 0 Å². The van der Waals surface area contributed by atoms with E-state index in [1.165, 1.54) is 0 Å². The summed E-state index contributed by atoms with van der Waals surface area (Å²) >= 11 is 0. The van der Waals surface area contributed by atoms with Crippen LogP contribution < -0.4 is 18.9 Å². The Hall–Kier alpha value is 0.731. The van der Waals surface area contributed by atoms with Gasteiger partial charge < -0.3 is 10.8 Å². The Bertz CT molecular complexity index is 144. The second kappa shape index (κ2) is 5.57. The first-order chi connectivity index (χ1) is 5.19. The molecular formula is C9H22LiNSi2. The maximum absolute atomic E-state index is 5.50. The van der Waals surface area contributed by atoms with Gasteiger partial charge in [0.15, 0.2) is 0 Å². The van der Waals surface area contributed by atoms with Crippen molar-refractivity contribution in [2.75, 3.05) is 6.54 Å². The van der Waals surface area contributed by atoms with E-state index >= 15 is 0 Å². The topological polar surface area (TPSA) is 3.24 Å². The largest absolute Gasteiger partial charge is 1.00 e. The number of hydrogen-bond donors (Lipinski definition) is 0. The van der Waals surface area contributed by atoms with E-state index in [1.807, 2.05) is 0 Å². The molecule has 0 saturated carbocycles. The van der Waals surface area contributed by atoms with Crippen molar-refractivity contribution in [3.63, 3.8) is 0 Å². The van der Waals surface area contributed by atoms with Crippen molar-refractivity contribution in [1.29, 1.82) is 0 Å². The van der Waals surface area contributed by atoms with Crippen LogP contribution in [0.2, 0.25) is 39.3 Å². The van der Waals surface area contributed by atoms with Crippen LogP contribution >= 0.6 is 0 Å². The minimum Gasteiger partial charge on any atom is -0.517 e. The van der Waals surface area contributed by atoms with Crippen molar-refractivity contribution in [1.82, 2.24) is 4.23 Å². The van der Waals surface area contributed by atoms with Crippen molar-refractivity contribution in [2.24, 2.45) is 0 Å². The van der Waals surface area contributed by atoms with E-state index < -0.39 is 16.5 Å². The zero-order chi connectivity index (χ0) is 9.99. The first-order valence-corrected chi connectivity index (χ1v) is 11.4. The molecule has 0 unspecified atom stereocenters. The van der Waals surface area contributed by atoms with Crippen molar-refractivity contribution in [3.05, 3.63) is 12.7 Å². The second-order valence-corrected chi connectivity index (χ2v) is 15.4. The van der Waals surface area contributed by atoms with Gasteiger partial charge in [-0.25, -0.2) is 0 Å². The van der Waals surface area contributed by atoms with Crippen LogP contribution in [-0.2, 0) is 0 Å². The maximum Gasteiger partial charge on any atom is 1.00 e. The molecule has 1 nitrogen and oxygen atoms in total. The van der Waals surface area contributed by atoms with Crippen molar-refractivity contribution in [2.45, 2.75) is 39.3 Å². The summed E-state index contributed by atoms with van der Waals surface area (Å²) in [4.78, 5) is 0. The van der Waals surface area contributed by atoms with Gasteiger partial charge in [0.2, 0.25) is 0 Å². The number of nitrogens with zero attached hydrogens (tertiary/aromatic N) is 1. The zero-order valence-electron chi connectivity index (χ0n) is 10.3. The molecule has 0 aliphatic carbocycles. The first kappa shape index (κ1) is 16.2. The molecule has 0 aromatic carbocycles. The molecule has 0 aliphatic heterocycles. The standard InChI is InChI=1S/C9H22NSi2.Li/c1-8-9-10(11(2,3)4)12(5,6)7;/h1,8H,9H2,2-7H3;/q-1;+1. The Kier molecular flexibility index (Phi) is 6.93. The molecule has 0 rings (SSSR count). The van der Waals surface area contributed by atoms with Gasteiger partial charge in [0, 0.05) is 0 Å². The van der Waals surface area contributed by atoms with Crippen LogP contribution in [0.3, 0.4) is 0 Å². The minimum absolute atomic E-state index is 0. The smallest absolute Gasteiger partial charge is 0.517 e. The molecule has 0 aromatic heterocycles. The summed E-state index contributed by atoms with van der Waals surface area (Å²) < 4.78 is 2.65. The van der Waals surface area contributed by atoms with Gasteiger partial charge in [0.1, 0.15) is 16.5 Å². The molecule has 0 aromatic rings. The Morgan fingerprint density at radius 1 is 1.00 bits per heavy atom. The third-order valence-corrected chi connectivity index (χ3v) is 9.54. The summed E-state index contributed by atoms with van der Waals surface area (Å²) in [7, 11) is -2.32. The van der Waals surface area contributed by atoms with E-state index in [1.54, 1.807) is 6.08 Å². The summed E-state index contributed by atoms with van der Waals surface area (Å²) in [6.07, 6.45) is 1.79. The maximum atomic E-state index is 5.50. The van der Waals surface area contributed by atoms with Crippen LogP contribution in [0.15, 0.2) is 6.08 Å². The number of rotatable bonds is 4.